The standard InChI is InChI=1S/C11H17F3N2O/c1-2-16-6-3-4-10(16)8-15-5-7-17-9-11(12,13)14/h3-4,6,15H,2,5,7-9H2,1H3. The molecular formula is C11H17F3N2O. The van der Waals surface area contributed by atoms with Crippen LogP contribution in [0.15, 0.2) is 18.3 Å². The SMILES string of the molecule is CCn1cccc1CNCCOCC(F)(F)F. The molecule has 0 amide bonds. The summed E-state index contributed by atoms with van der Waals surface area (Å²) in [7, 11) is 0. The number of rotatable bonds is 7. The van der Waals surface area contributed by atoms with Crippen LogP contribution in [0.1, 0.15) is 12.6 Å². The highest BCUT2D eigenvalue weighted by Gasteiger charge is 2.27. The smallest absolute Gasteiger partial charge is 0.371 e. The first-order chi connectivity index (χ1) is 8.03. The average Bonchev–Trinajstić information content (AvgIpc) is 2.69. The first-order valence-corrected chi connectivity index (χ1v) is 5.52. The number of halogens is 3. The van der Waals surface area contributed by atoms with Gasteiger partial charge in [-0.15, -0.1) is 0 Å². The topological polar surface area (TPSA) is 26.2 Å². The highest BCUT2D eigenvalue weighted by Crippen LogP contribution is 2.13. The molecule has 0 radical (unpaired) electrons. The van der Waals surface area contributed by atoms with Crippen LogP contribution in [0.3, 0.4) is 0 Å². The van der Waals surface area contributed by atoms with E-state index in [2.05, 4.69) is 14.6 Å². The molecule has 0 aromatic carbocycles. The minimum Gasteiger partial charge on any atom is -0.371 e. The number of hydrogen-bond donors (Lipinski definition) is 1. The number of aromatic nitrogens is 1. The van der Waals surface area contributed by atoms with Crippen LogP contribution in [0.2, 0.25) is 0 Å². The lowest BCUT2D eigenvalue weighted by molar-refractivity contribution is -0.173. The Hall–Kier alpha value is -1.01. The summed E-state index contributed by atoms with van der Waals surface area (Å²) in [4.78, 5) is 0. The lowest BCUT2D eigenvalue weighted by Crippen LogP contribution is -2.24. The molecule has 0 aliphatic heterocycles. The minimum atomic E-state index is -4.24. The van der Waals surface area contributed by atoms with Gasteiger partial charge >= 0.3 is 6.18 Å². The lowest BCUT2D eigenvalue weighted by Gasteiger charge is -2.09. The second-order valence-corrected chi connectivity index (χ2v) is 3.63. The van der Waals surface area contributed by atoms with E-state index in [1.807, 2.05) is 25.3 Å². The summed E-state index contributed by atoms with van der Waals surface area (Å²) in [6.07, 6.45) is -2.27. The zero-order valence-electron chi connectivity index (χ0n) is 9.76. The van der Waals surface area contributed by atoms with Gasteiger partial charge in [-0.1, -0.05) is 0 Å². The maximum Gasteiger partial charge on any atom is 0.411 e. The summed E-state index contributed by atoms with van der Waals surface area (Å²) in [6, 6.07) is 3.92. The zero-order chi connectivity index (χ0) is 12.7. The average molecular weight is 250 g/mol. The second kappa shape index (κ2) is 6.66. The molecule has 6 heteroatoms. The van der Waals surface area contributed by atoms with Crippen LogP contribution in [0.5, 0.6) is 0 Å². The van der Waals surface area contributed by atoms with Gasteiger partial charge in [-0.05, 0) is 19.1 Å². The Bertz CT molecular complexity index is 323. The van der Waals surface area contributed by atoms with Gasteiger partial charge in [-0.25, -0.2) is 0 Å². The quantitative estimate of drug-likeness (QED) is 0.751. The molecule has 1 N–H and O–H groups in total. The Balaban J connectivity index is 2.09. The molecular weight excluding hydrogens is 233 g/mol. The van der Waals surface area contributed by atoms with Crippen LogP contribution in [0.4, 0.5) is 13.2 Å². The third-order valence-electron chi connectivity index (χ3n) is 2.26. The fourth-order valence-electron chi connectivity index (χ4n) is 1.47. The van der Waals surface area contributed by atoms with Crippen LogP contribution in [0, 0.1) is 0 Å². The highest BCUT2D eigenvalue weighted by molar-refractivity contribution is 5.06. The van der Waals surface area contributed by atoms with Crippen molar-refractivity contribution in [3.63, 3.8) is 0 Å². The molecule has 1 aromatic heterocycles. The van der Waals surface area contributed by atoms with E-state index in [9.17, 15) is 13.2 Å². The van der Waals surface area contributed by atoms with E-state index >= 15 is 0 Å². The van der Waals surface area contributed by atoms with Crippen LogP contribution in [-0.4, -0.2) is 30.5 Å². The Labute approximate surface area is 98.6 Å². The third-order valence-corrected chi connectivity index (χ3v) is 2.26. The molecule has 0 fully saturated rings. The van der Waals surface area contributed by atoms with Crippen LogP contribution in [0.25, 0.3) is 0 Å². The van der Waals surface area contributed by atoms with Crippen molar-refractivity contribution < 1.29 is 17.9 Å². The van der Waals surface area contributed by atoms with Crippen molar-refractivity contribution >= 4 is 0 Å². The summed E-state index contributed by atoms with van der Waals surface area (Å²) >= 11 is 0. The number of nitrogens with zero attached hydrogens (tertiary/aromatic N) is 1. The number of aryl methyl sites for hydroxylation is 1. The molecule has 0 aliphatic carbocycles. The van der Waals surface area contributed by atoms with Crippen molar-refractivity contribution in [2.75, 3.05) is 19.8 Å². The largest absolute Gasteiger partial charge is 0.411 e. The van der Waals surface area contributed by atoms with Gasteiger partial charge in [-0.2, -0.15) is 13.2 Å². The summed E-state index contributed by atoms with van der Waals surface area (Å²) in [5, 5.41) is 3.04. The fraction of sp³-hybridized carbons (Fsp3) is 0.636. The van der Waals surface area contributed by atoms with E-state index in [0.29, 0.717) is 13.1 Å². The van der Waals surface area contributed by atoms with Crippen LogP contribution >= 0.6 is 0 Å². The van der Waals surface area contributed by atoms with Gasteiger partial charge in [0, 0.05) is 31.5 Å². The van der Waals surface area contributed by atoms with Gasteiger partial charge in [0.25, 0.3) is 0 Å². The molecule has 1 aromatic rings. The molecule has 0 atom stereocenters. The van der Waals surface area contributed by atoms with Crippen molar-refractivity contribution in [1.29, 1.82) is 0 Å². The van der Waals surface area contributed by atoms with Crippen molar-refractivity contribution in [3.05, 3.63) is 24.0 Å². The summed E-state index contributed by atoms with van der Waals surface area (Å²) in [6.45, 7) is 2.85. The van der Waals surface area contributed by atoms with Crippen LogP contribution in [-0.2, 0) is 17.8 Å². The normalized spacial score (nSPS) is 12.0. The number of ether oxygens (including phenoxy) is 1. The number of alkyl halides is 3. The number of hydrogen-bond acceptors (Lipinski definition) is 2. The Kier molecular flexibility index (Phi) is 5.50. The molecule has 0 spiro atoms. The molecule has 17 heavy (non-hydrogen) atoms. The van der Waals surface area contributed by atoms with Gasteiger partial charge in [0.2, 0.25) is 0 Å². The maximum absolute atomic E-state index is 11.7. The van der Waals surface area contributed by atoms with E-state index in [0.717, 1.165) is 12.2 Å². The molecule has 0 aliphatic rings. The predicted octanol–water partition coefficient (Wildman–Crippen LogP) is 2.18. The Morgan fingerprint density at radius 1 is 1.41 bits per heavy atom. The monoisotopic (exact) mass is 250 g/mol. The molecule has 3 nitrogen and oxygen atoms in total. The Morgan fingerprint density at radius 3 is 2.82 bits per heavy atom. The predicted molar refractivity (Wildman–Crippen MR) is 58.7 cm³/mol. The van der Waals surface area contributed by atoms with Gasteiger partial charge < -0.3 is 14.6 Å². The van der Waals surface area contributed by atoms with E-state index in [1.54, 1.807) is 0 Å². The minimum absolute atomic E-state index is 0.0618. The second-order valence-electron chi connectivity index (χ2n) is 3.63. The van der Waals surface area contributed by atoms with Crippen molar-refractivity contribution in [2.24, 2.45) is 0 Å². The first kappa shape index (κ1) is 14.1. The van der Waals surface area contributed by atoms with Crippen molar-refractivity contribution in [1.82, 2.24) is 9.88 Å². The van der Waals surface area contributed by atoms with Gasteiger partial charge in [-0.3, -0.25) is 0 Å². The van der Waals surface area contributed by atoms with E-state index in [-0.39, 0.29) is 6.61 Å². The summed E-state index contributed by atoms with van der Waals surface area (Å²) in [5.74, 6) is 0. The van der Waals surface area contributed by atoms with Gasteiger partial charge in [0.1, 0.15) is 6.61 Å². The molecule has 0 unspecified atom stereocenters. The molecule has 0 saturated heterocycles. The maximum atomic E-state index is 11.7. The van der Waals surface area contributed by atoms with Gasteiger partial charge in [0.05, 0.1) is 6.61 Å². The molecule has 98 valence electrons. The van der Waals surface area contributed by atoms with E-state index in [4.69, 9.17) is 0 Å². The highest BCUT2D eigenvalue weighted by atomic mass is 19.4. The van der Waals surface area contributed by atoms with Crippen LogP contribution < -0.4 is 5.32 Å². The fourth-order valence-corrected chi connectivity index (χ4v) is 1.47. The molecule has 1 heterocycles. The lowest BCUT2D eigenvalue weighted by atomic mass is 10.4. The summed E-state index contributed by atoms with van der Waals surface area (Å²) < 4.78 is 41.8. The van der Waals surface area contributed by atoms with Gasteiger partial charge in [0.15, 0.2) is 0 Å². The first-order valence-electron chi connectivity index (χ1n) is 5.52. The number of nitrogens with one attached hydrogen (secondary N) is 1. The van der Waals surface area contributed by atoms with Crippen molar-refractivity contribution in [2.45, 2.75) is 26.2 Å². The molecule has 0 saturated carbocycles. The Morgan fingerprint density at radius 2 is 2.18 bits per heavy atom. The zero-order valence-corrected chi connectivity index (χ0v) is 9.76. The molecule has 1 rings (SSSR count). The van der Waals surface area contributed by atoms with E-state index < -0.39 is 12.8 Å². The summed E-state index contributed by atoms with van der Waals surface area (Å²) in [5.41, 5.74) is 1.11. The van der Waals surface area contributed by atoms with Crippen molar-refractivity contribution in [3.8, 4) is 0 Å². The third kappa shape index (κ3) is 5.74. The molecule has 0 bridgehead atoms. The van der Waals surface area contributed by atoms with E-state index in [1.165, 1.54) is 0 Å².